The smallest absolute Gasteiger partial charge is 0.136 e. The summed E-state index contributed by atoms with van der Waals surface area (Å²) in [7, 11) is 0. The van der Waals surface area contributed by atoms with Gasteiger partial charge in [-0.05, 0) is 26.0 Å². The van der Waals surface area contributed by atoms with Crippen LogP contribution in [-0.2, 0) is 5.54 Å². The predicted molar refractivity (Wildman–Crippen MR) is 46.2 cm³/mol. The number of nitrogens with zero attached hydrogens (tertiary/aromatic N) is 1. The van der Waals surface area contributed by atoms with Crippen molar-refractivity contribution in [2.24, 2.45) is 5.73 Å². The van der Waals surface area contributed by atoms with Gasteiger partial charge in [0, 0.05) is 9.75 Å². The summed E-state index contributed by atoms with van der Waals surface area (Å²) in [5.41, 5.74) is 4.88. The molecule has 11 heavy (non-hydrogen) atoms. The van der Waals surface area contributed by atoms with Crippen LogP contribution in [0.3, 0.4) is 0 Å². The quantitative estimate of drug-likeness (QED) is 0.691. The summed E-state index contributed by atoms with van der Waals surface area (Å²) < 4.78 is 0. The second-order valence-corrected chi connectivity index (χ2v) is 4.01. The fourth-order valence-corrected chi connectivity index (χ4v) is 1.65. The third kappa shape index (κ3) is 1.59. The average molecular weight is 166 g/mol. The van der Waals surface area contributed by atoms with Gasteiger partial charge in [-0.1, -0.05) is 0 Å². The molecular formula is C8H10N2S. The van der Waals surface area contributed by atoms with Crippen molar-refractivity contribution in [3.63, 3.8) is 0 Å². The molecule has 0 spiro atoms. The first-order valence-electron chi connectivity index (χ1n) is 3.33. The first kappa shape index (κ1) is 8.25. The largest absolute Gasteiger partial charge is 0.309 e. The minimum absolute atomic E-state index is 0.821. The summed E-state index contributed by atoms with van der Waals surface area (Å²) in [6.45, 7) is 3.72. The Morgan fingerprint density at radius 2 is 2.27 bits per heavy atom. The summed E-state index contributed by atoms with van der Waals surface area (Å²) in [5, 5.41) is 8.69. The van der Waals surface area contributed by atoms with Crippen molar-refractivity contribution in [2.45, 2.75) is 19.4 Å². The van der Waals surface area contributed by atoms with Gasteiger partial charge in [-0.15, -0.1) is 11.3 Å². The van der Waals surface area contributed by atoms with Crippen LogP contribution in [0.15, 0.2) is 12.1 Å². The van der Waals surface area contributed by atoms with Crippen LogP contribution in [0.1, 0.15) is 16.7 Å². The molecule has 0 bridgehead atoms. The number of nitriles is 1. The van der Waals surface area contributed by atoms with E-state index in [4.69, 9.17) is 11.0 Å². The molecular weight excluding hydrogens is 156 g/mol. The van der Waals surface area contributed by atoms with E-state index in [0.717, 1.165) is 4.88 Å². The maximum absolute atomic E-state index is 8.69. The van der Waals surface area contributed by atoms with Crippen LogP contribution in [0.5, 0.6) is 0 Å². The van der Waals surface area contributed by atoms with Crippen LogP contribution in [0.25, 0.3) is 0 Å². The molecule has 0 aromatic carbocycles. The van der Waals surface area contributed by atoms with Crippen molar-refractivity contribution in [3.8, 4) is 6.07 Å². The van der Waals surface area contributed by atoms with Crippen molar-refractivity contribution in [2.75, 3.05) is 0 Å². The standard InChI is InChI=1S/C8H10N2S/c1-6-3-4-7(11-6)8(2,10)5-9/h3-4H,10H2,1-2H3/t8-/m0/s1. The van der Waals surface area contributed by atoms with Gasteiger partial charge in [0.1, 0.15) is 5.54 Å². The zero-order valence-corrected chi connectivity index (χ0v) is 7.40. The molecule has 0 radical (unpaired) electrons. The predicted octanol–water partition coefficient (Wildman–Crippen LogP) is 1.75. The molecule has 0 aliphatic heterocycles. The molecule has 0 aliphatic rings. The molecule has 1 heterocycles. The fourth-order valence-electron chi connectivity index (χ4n) is 0.769. The highest BCUT2D eigenvalue weighted by molar-refractivity contribution is 7.12. The van der Waals surface area contributed by atoms with E-state index >= 15 is 0 Å². The molecule has 1 rings (SSSR count). The molecule has 1 atom stereocenters. The molecule has 0 aliphatic carbocycles. The van der Waals surface area contributed by atoms with E-state index in [1.165, 1.54) is 4.88 Å². The lowest BCUT2D eigenvalue weighted by atomic mass is 10.1. The Balaban J connectivity index is 3.04. The molecule has 0 saturated heterocycles. The second kappa shape index (κ2) is 2.65. The minimum atomic E-state index is -0.821. The first-order valence-corrected chi connectivity index (χ1v) is 4.15. The van der Waals surface area contributed by atoms with Gasteiger partial charge < -0.3 is 5.73 Å². The van der Waals surface area contributed by atoms with Crippen LogP contribution in [-0.4, -0.2) is 0 Å². The van der Waals surface area contributed by atoms with Crippen LogP contribution in [0.2, 0.25) is 0 Å². The lowest BCUT2D eigenvalue weighted by Crippen LogP contribution is -2.29. The molecule has 1 aromatic rings. The van der Waals surface area contributed by atoms with Crippen molar-refractivity contribution in [3.05, 3.63) is 21.9 Å². The van der Waals surface area contributed by atoms with Gasteiger partial charge in [-0.3, -0.25) is 0 Å². The van der Waals surface area contributed by atoms with Gasteiger partial charge in [-0.2, -0.15) is 5.26 Å². The second-order valence-electron chi connectivity index (χ2n) is 2.72. The lowest BCUT2D eigenvalue weighted by molar-refractivity contribution is 0.661. The van der Waals surface area contributed by atoms with Gasteiger partial charge in [0.05, 0.1) is 6.07 Å². The first-order chi connectivity index (χ1) is 5.06. The number of aryl methyl sites for hydroxylation is 1. The summed E-state index contributed by atoms with van der Waals surface area (Å²) in [6.07, 6.45) is 0. The van der Waals surface area contributed by atoms with E-state index in [0.29, 0.717) is 0 Å². The highest BCUT2D eigenvalue weighted by Gasteiger charge is 2.21. The van der Waals surface area contributed by atoms with Gasteiger partial charge in [0.15, 0.2) is 0 Å². The Bertz CT molecular complexity index is 293. The summed E-state index contributed by atoms with van der Waals surface area (Å²) in [6, 6.07) is 5.94. The third-order valence-electron chi connectivity index (χ3n) is 1.48. The zero-order chi connectivity index (χ0) is 8.48. The van der Waals surface area contributed by atoms with E-state index in [1.54, 1.807) is 18.3 Å². The molecule has 0 amide bonds. The summed E-state index contributed by atoms with van der Waals surface area (Å²) >= 11 is 1.57. The number of hydrogen-bond acceptors (Lipinski definition) is 3. The Hall–Kier alpha value is -0.850. The normalized spacial score (nSPS) is 15.5. The van der Waals surface area contributed by atoms with E-state index in [9.17, 15) is 0 Å². The van der Waals surface area contributed by atoms with Gasteiger partial charge >= 0.3 is 0 Å². The Kier molecular flexibility index (Phi) is 1.99. The van der Waals surface area contributed by atoms with Crippen molar-refractivity contribution < 1.29 is 0 Å². The van der Waals surface area contributed by atoms with Crippen molar-refractivity contribution >= 4 is 11.3 Å². The fraction of sp³-hybridized carbons (Fsp3) is 0.375. The molecule has 2 N–H and O–H groups in total. The van der Waals surface area contributed by atoms with Crippen LogP contribution >= 0.6 is 11.3 Å². The van der Waals surface area contributed by atoms with Gasteiger partial charge in [-0.25, -0.2) is 0 Å². The molecule has 0 unspecified atom stereocenters. The van der Waals surface area contributed by atoms with Gasteiger partial charge in [0.2, 0.25) is 0 Å². The van der Waals surface area contributed by atoms with Gasteiger partial charge in [0.25, 0.3) is 0 Å². The molecule has 0 saturated carbocycles. The average Bonchev–Trinajstić information content (AvgIpc) is 2.36. The summed E-state index contributed by atoms with van der Waals surface area (Å²) in [5.74, 6) is 0. The molecule has 1 aromatic heterocycles. The number of hydrogen-bond donors (Lipinski definition) is 1. The minimum Gasteiger partial charge on any atom is -0.309 e. The number of nitrogens with two attached hydrogens (primary N) is 1. The highest BCUT2D eigenvalue weighted by atomic mass is 32.1. The Morgan fingerprint density at radius 3 is 2.64 bits per heavy atom. The maximum Gasteiger partial charge on any atom is 0.136 e. The zero-order valence-electron chi connectivity index (χ0n) is 6.59. The number of rotatable bonds is 1. The maximum atomic E-state index is 8.69. The third-order valence-corrected chi connectivity index (χ3v) is 2.72. The molecule has 2 nitrogen and oxygen atoms in total. The van der Waals surface area contributed by atoms with Crippen LogP contribution in [0, 0.1) is 18.3 Å². The van der Waals surface area contributed by atoms with E-state index < -0.39 is 5.54 Å². The summed E-state index contributed by atoms with van der Waals surface area (Å²) in [4.78, 5) is 2.12. The topological polar surface area (TPSA) is 49.8 Å². The lowest BCUT2D eigenvalue weighted by Gasteiger charge is -2.11. The molecule has 3 heteroatoms. The Morgan fingerprint density at radius 1 is 1.64 bits per heavy atom. The van der Waals surface area contributed by atoms with E-state index in [1.807, 2.05) is 19.1 Å². The molecule has 58 valence electrons. The van der Waals surface area contributed by atoms with E-state index in [2.05, 4.69) is 6.07 Å². The van der Waals surface area contributed by atoms with Crippen molar-refractivity contribution in [1.29, 1.82) is 5.26 Å². The van der Waals surface area contributed by atoms with Crippen LogP contribution in [0.4, 0.5) is 0 Å². The molecule has 0 fully saturated rings. The van der Waals surface area contributed by atoms with E-state index in [-0.39, 0.29) is 0 Å². The highest BCUT2D eigenvalue weighted by Crippen LogP contribution is 2.24. The van der Waals surface area contributed by atoms with Crippen molar-refractivity contribution in [1.82, 2.24) is 0 Å². The monoisotopic (exact) mass is 166 g/mol. The number of thiophene rings is 1. The Labute approximate surface area is 70.3 Å². The van der Waals surface area contributed by atoms with Crippen LogP contribution < -0.4 is 5.73 Å². The SMILES string of the molecule is Cc1ccc([C@@](C)(N)C#N)s1.